The minimum atomic E-state index is -0.726. The van der Waals surface area contributed by atoms with Crippen molar-refractivity contribution in [1.29, 1.82) is 0 Å². The van der Waals surface area contributed by atoms with Gasteiger partial charge in [0, 0.05) is 6.07 Å². The molecule has 6 nitrogen and oxygen atoms in total. The molecule has 4 rings (SSSR count). The van der Waals surface area contributed by atoms with Gasteiger partial charge in [-0.05, 0) is 48.7 Å². The Morgan fingerprint density at radius 2 is 1.61 bits per heavy atom. The van der Waals surface area contributed by atoms with Crippen molar-refractivity contribution in [2.24, 2.45) is 0 Å². The first-order chi connectivity index (χ1) is 16.1. The molecule has 4 aromatic rings. The van der Waals surface area contributed by atoms with Crippen molar-refractivity contribution in [3.63, 3.8) is 0 Å². The fourth-order valence-corrected chi connectivity index (χ4v) is 3.41. The third kappa shape index (κ3) is 5.06. The van der Waals surface area contributed by atoms with Crippen molar-refractivity contribution < 1.29 is 23.4 Å². The average molecular weight is 444 g/mol. The van der Waals surface area contributed by atoms with Gasteiger partial charge in [0.1, 0.15) is 23.3 Å². The van der Waals surface area contributed by atoms with Crippen LogP contribution < -0.4 is 14.9 Å². The number of carbonyl (C=O) groups is 1. The van der Waals surface area contributed by atoms with Crippen LogP contribution in [0.4, 0.5) is 0 Å². The Balaban J connectivity index is 1.53. The van der Waals surface area contributed by atoms with Crippen molar-refractivity contribution in [1.82, 2.24) is 0 Å². The van der Waals surface area contributed by atoms with Crippen LogP contribution in [0.15, 0.2) is 88.3 Å². The van der Waals surface area contributed by atoms with E-state index in [0.717, 1.165) is 11.1 Å². The monoisotopic (exact) mass is 444 g/mol. The number of rotatable bonds is 8. The topological polar surface area (TPSA) is 75.0 Å². The third-order valence-corrected chi connectivity index (χ3v) is 5.10. The van der Waals surface area contributed by atoms with Crippen LogP contribution in [0.2, 0.25) is 0 Å². The van der Waals surface area contributed by atoms with Crippen molar-refractivity contribution in [3.05, 3.63) is 89.3 Å². The first kappa shape index (κ1) is 22.1. The molecular weight excluding hydrogens is 420 g/mol. The van der Waals surface area contributed by atoms with E-state index in [1.807, 2.05) is 61.5 Å². The van der Waals surface area contributed by atoms with Crippen LogP contribution in [0.1, 0.15) is 20.3 Å². The Hall–Kier alpha value is -4.06. The standard InChI is InChI=1S/C27H24O6/c1-3-23(27(29)30-4-2)33-21-14-15-22-24(16-21)31-17-25(26(22)28)32-20-12-10-19(11-13-20)18-8-6-5-7-9-18/h5-17,23H,3-4H2,1-2H3. The van der Waals surface area contributed by atoms with E-state index in [-0.39, 0.29) is 17.8 Å². The molecule has 1 heterocycles. The molecule has 0 spiro atoms. The van der Waals surface area contributed by atoms with Gasteiger partial charge in [0.25, 0.3) is 0 Å². The maximum Gasteiger partial charge on any atom is 0.347 e. The van der Waals surface area contributed by atoms with Crippen molar-refractivity contribution in [2.45, 2.75) is 26.4 Å². The van der Waals surface area contributed by atoms with Crippen LogP contribution in [-0.2, 0) is 9.53 Å². The van der Waals surface area contributed by atoms with Crippen LogP contribution in [0.3, 0.4) is 0 Å². The maximum absolute atomic E-state index is 12.9. The Morgan fingerprint density at radius 3 is 2.30 bits per heavy atom. The van der Waals surface area contributed by atoms with Crippen LogP contribution in [0.5, 0.6) is 17.2 Å². The van der Waals surface area contributed by atoms with Gasteiger partial charge in [-0.2, -0.15) is 0 Å². The van der Waals surface area contributed by atoms with Gasteiger partial charge in [0.05, 0.1) is 12.0 Å². The van der Waals surface area contributed by atoms with Crippen LogP contribution in [0, 0.1) is 0 Å². The Morgan fingerprint density at radius 1 is 0.909 bits per heavy atom. The predicted molar refractivity (Wildman–Crippen MR) is 126 cm³/mol. The molecule has 0 saturated heterocycles. The van der Waals surface area contributed by atoms with Gasteiger partial charge in [-0.1, -0.05) is 49.4 Å². The molecule has 0 radical (unpaired) electrons. The molecule has 0 aliphatic carbocycles. The molecule has 3 aromatic carbocycles. The largest absolute Gasteiger partial charge is 0.479 e. The lowest BCUT2D eigenvalue weighted by molar-refractivity contribution is -0.151. The second kappa shape index (κ2) is 10.0. The van der Waals surface area contributed by atoms with Crippen LogP contribution in [-0.4, -0.2) is 18.7 Å². The number of carbonyl (C=O) groups excluding carboxylic acids is 1. The summed E-state index contributed by atoms with van der Waals surface area (Å²) in [5.74, 6) is 0.599. The summed E-state index contributed by atoms with van der Waals surface area (Å²) in [7, 11) is 0. The second-order valence-corrected chi connectivity index (χ2v) is 7.35. The summed E-state index contributed by atoms with van der Waals surface area (Å²) < 4.78 is 22.2. The highest BCUT2D eigenvalue weighted by molar-refractivity contribution is 5.80. The van der Waals surface area contributed by atoms with Gasteiger partial charge in [-0.25, -0.2) is 4.79 Å². The molecule has 0 amide bonds. The third-order valence-electron chi connectivity index (χ3n) is 5.10. The molecule has 33 heavy (non-hydrogen) atoms. The molecule has 1 atom stereocenters. The van der Waals surface area contributed by atoms with E-state index in [0.29, 0.717) is 28.9 Å². The van der Waals surface area contributed by atoms with Gasteiger partial charge in [-0.3, -0.25) is 4.79 Å². The molecule has 0 saturated carbocycles. The molecule has 0 aliphatic heterocycles. The summed E-state index contributed by atoms with van der Waals surface area (Å²) in [6.45, 7) is 3.86. The Bertz CT molecular complexity index is 1290. The lowest BCUT2D eigenvalue weighted by Gasteiger charge is -2.16. The van der Waals surface area contributed by atoms with Gasteiger partial charge in [-0.15, -0.1) is 0 Å². The SMILES string of the molecule is CCOC(=O)C(CC)Oc1ccc2c(=O)c(Oc3ccc(-c4ccccc4)cc3)coc2c1. The van der Waals surface area contributed by atoms with Gasteiger partial charge in [0.2, 0.25) is 11.2 Å². The van der Waals surface area contributed by atoms with Crippen molar-refractivity contribution >= 4 is 16.9 Å². The fraction of sp³-hybridized carbons (Fsp3) is 0.185. The Labute approximate surface area is 191 Å². The van der Waals surface area contributed by atoms with E-state index >= 15 is 0 Å². The van der Waals surface area contributed by atoms with E-state index < -0.39 is 12.1 Å². The molecule has 0 aliphatic rings. The van der Waals surface area contributed by atoms with Crippen LogP contribution in [0.25, 0.3) is 22.1 Å². The van der Waals surface area contributed by atoms with E-state index in [1.165, 1.54) is 6.26 Å². The highest BCUT2D eigenvalue weighted by atomic mass is 16.6. The molecule has 0 fully saturated rings. The summed E-state index contributed by atoms with van der Waals surface area (Å²) in [4.78, 5) is 24.9. The van der Waals surface area contributed by atoms with Crippen molar-refractivity contribution in [3.8, 4) is 28.4 Å². The number of hydrogen-bond acceptors (Lipinski definition) is 6. The predicted octanol–water partition coefficient (Wildman–Crippen LogP) is 5.97. The minimum Gasteiger partial charge on any atom is -0.479 e. The van der Waals surface area contributed by atoms with Crippen LogP contribution >= 0.6 is 0 Å². The molecule has 1 aromatic heterocycles. The van der Waals surface area contributed by atoms with Gasteiger partial charge in [0.15, 0.2) is 6.10 Å². The van der Waals surface area contributed by atoms with Gasteiger partial charge < -0.3 is 18.6 Å². The highest BCUT2D eigenvalue weighted by Gasteiger charge is 2.20. The molecule has 6 heteroatoms. The number of fused-ring (bicyclic) bond motifs is 1. The maximum atomic E-state index is 12.9. The summed E-state index contributed by atoms with van der Waals surface area (Å²) >= 11 is 0. The summed E-state index contributed by atoms with van der Waals surface area (Å²) in [5.41, 5.74) is 2.19. The number of benzene rings is 3. The summed E-state index contributed by atoms with van der Waals surface area (Å²) in [6.07, 6.45) is 1.01. The molecule has 1 unspecified atom stereocenters. The zero-order valence-electron chi connectivity index (χ0n) is 18.4. The first-order valence-electron chi connectivity index (χ1n) is 10.8. The zero-order chi connectivity index (χ0) is 23.2. The Kier molecular flexibility index (Phi) is 6.74. The average Bonchev–Trinajstić information content (AvgIpc) is 2.85. The van der Waals surface area contributed by atoms with E-state index in [2.05, 4.69) is 0 Å². The summed E-state index contributed by atoms with van der Waals surface area (Å²) in [6, 6.07) is 22.3. The lowest BCUT2D eigenvalue weighted by atomic mass is 10.1. The van der Waals surface area contributed by atoms with E-state index in [4.69, 9.17) is 18.6 Å². The number of hydrogen-bond donors (Lipinski definition) is 0. The van der Waals surface area contributed by atoms with Gasteiger partial charge >= 0.3 is 5.97 Å². The summed E-state index contributed by atoms with van der Waals surface area (Å²) in [5, 5.41) is 0.352. The second-order valence-electron chi connectivity index (χ2n) is 7.35. The quantitative estimate of drug-likeness (QED) is 0.312. The zero-order valence-corrected chi connectivity index (χ0v) is 18.4. The van der Waals surface area contributed by atoms with E-state index in [9.17, 15) is 9.59 Å². The lowest BCUT2D eigenvalue weighted by Crippen LogP contribution is -2.28. The van der Waals surface area contributed by atoms with E-state index in [1.54, 1.807) is 25.1 Å². The molecule has 0 bridgehead atoms. The molecular formula is C27H24O6. The normalized spacial score (nSPS) is 11.7. The number of ether oxygens (including phenoxy) is 3. The fourth-order valence-electron chi connectivity index (χ4n) is 3.41. The molecule has 168 valence electrons. The highest BCUT2D eigenvalue weighted by Crippen LogP contribution is 2.27. The van der Waals surface area contributed by atoms with Crippen molar-refractivity contribution in [2.75, 3.05) is 6.61 Å². The minimum absolute atomic E-state index is 0.0848. The number of esters is 1. The first-order valence-corrected chi connectivity index (χ1v) is 10.8. The molecule has 0 N–H and O–H groups in total. The smallest absolute Gasteiger partial charge is 0.347 e.